The van der Waals surface area contributed by atoms with Gasteiger partial charge in [0.1, 0.15) is 0 Å². The number of hydrogen-bond acceptors (Lipinski definition) is 3. The predicted molar refractivity (Wildman–Crippen MR) is 49.8 cm³/mol. The number of nitrogens with two attached hydrogens (primary N) is 1. The molecule has 0 aliphatic rings. The van der Waals surface area contributed by atoms with Crippen molar-refractivity contribution in [2.24, 2.45) is 0 Å². The van der Waals surface area contributed by atoms with Gasteiger partial charge in [-0.15, -0.1) is 0 Å². The molecule has 0 radical (unpaired) electrons. The first-order valence-corrected chi connectivity index (χ1v) is 5.57. The molecule has 3 nitrogen and oxygen atoms in total. The van der Waals surface area contributed by atoms with Crippen LogP contribution in [0.15, 0.2) is 18.2 Å². The number of nitrogen functional groups attached to an aromatic ring is 1. The molecule has 1 aromatic carbocycles. The molecule has 2 N–H and O–H groups in total. The molecule has 0 aliphatic heterocycles. The van der Waals surface area contributed by atoms with Crippen molar-refractivity contribution >= 4 is 29.0 Å². The molecular formula is C8H5F3N2OSe. The topological polar surface area (TPSA) is 48.1 Å². The summed E-state index contributed by atoms with van der Waals surface area (Å²) in [4.78, 5) is 3.98. The van der Waals surface area contributed by atoms with E-state index < -0.39 is 6.36 Å². The number of halogens is 3. The average Bonchev–Trinajstić information content (AvgIpc) is 2.40. The Kier molecular flexibility index (Phi) is 2.36. The molecule has 0 saturated carbocycles. The number of aromatic nitrogens is 1. The maximum atomic E-state index is 11.9. The first kappa shape index (κ1) is 10.3. The molecule has 1 heterocycles. The number of alkyl halides is 3. The minimum absolute atomic E-state index is 0.194. The summed E-state index contributed by atoms with van der Waals surface area (Å²) in [7, 11) is 0. The Labute approximate surface area is 88.4 Å². The number of ether oxygens (including phenoxy) is 1. The second kappa shape index (κ2) is 3.43. The van der Waals surface area contributed by atoms with Crippen LogP contribution in [0.5, 0.6) is 5.75 Å². The first-order valence-electron chi connectivity index (χ1n) is 3.86. The zero-order valence-corrected chi connectivity index (χ0v) is 8.92. The fourth-order valence-corrected chi connectivity index (χ4v) is 2.72. The summed E-state index contributed by atoms with van der Waals surface area (Å²) in [6, 6.07) is 4.02. The van der Waals surface area contributed by atoms with E-state index in [4.69, 9.17) is 5.73 Å². The van der Waals surface area contributed by atoms with Crippen molar-refractivity contribution in [3.8, 4) is 5.75 Å². The number of rotatable bonds is 1. The third-order valence-electron chi connectivity index (χ3n) is 1.61. The molecule has 0 fully saturated rings. The fraction of sp³-hybridized carbons (Fsp3) is 0.125. The molecule has 2 rings (SSSR count). The Morgan fingerprint density at radius 2 is 2.07 bits per heavy atom. The van der Waals surface area contributed by atoms with Gasteiger partial charge in [0.2, 0.25) is 0 Å². The van der Waals surface area contributed by atoms with Gasteiger partial charge in [-0.25, -0.2) is 0 Å². The SMILES string of the molecule is Nc1nc2ccc(OC(F)(F)F)cc2[se]1. The molecular weight excluding hydrogens is 276 g/mol. The summed E-state index contributed by atoms with van der Waals surface area (Å²) in [6.07, 6.45) is -4.66. The molecule has 80 valence electrons. The average molecular weight is 281 g/mol. The quantitative estimate of drug-likeness (QED) is 0.810. The van der Waals surface area contributed by atoms with E-state index in [2.05, 4.69) is 9.72 Å². The van der Waals surface area contributed by atoms with Crippen LogP contribution in [0, 0.1) is 0 Å². The summed E-state index contributed by atoms with van der Waals surface area (Å²) in [5.74, 6) is -0.229. The number of anilines is 1. The monoisotopic (exact) mass is 282 g/mol. The van der Waals surface area contributed by atoms with Gasteiger partial charge >= 0.3 is 87.9 Å². The summed E-state index contributed by atoms with van der Waals surface area (Å²) >= 11 is -0.194. The van der Waals surface area contributed by atoms with Crippen LogP contribution in [0.2, 0.25) is 0 Å². The second-order valence-corrected chi connectivity index (χ2v) is 4.96. The van der Waals surface area contributed by atoms with Crippen molar-refractivity contribution in [1.82, 2.24) is 4.98 Å². The van der Waals surface area contributed by atoms with E-state index >= 15 is 0 Å². The van der Waals surface area contributed by atoms with E-state index in [0.29, 0.717) is 14.5 Å². The zero-order valence-electron chi connectivity index (χ0n) is 7.21. The van der Waals surface area contributed by atoms with E-state index in [9.17, 15) is 13.2 Å². The summed E-state index contributed by atoms with van der Waals surface area (Å²) in [5, 5.41) is 0. The van der Waals surface area contributed by atoms with Crippen molar-refractivity contribution in [3.63, 3.8) is 0 Å². The molecule has 0 unspecified atom stereocenters. The van der Waals surface area contributed by atoms with Crippen LogP contribution in [0.4, 0.5) is 17.9 Å². The van der Waals surface area contributed by atoms with Crippen molar-refractivity contribution in [2.75, 3.05) is 5.73 Å². The predicted octanol–water partition coefficient (Wildman–Crippen LogP) is 1.77. The summed E-state index contributed by atoms with van der Waals surface area (Å²) < 4.78 is 40.6. The van der Waals surface area contributed by atoms with Crippen LogP contribution in [0.25, 0.3) is 9.78 Å². The Morgan fingerprint density at radius 1 is 1.33 bits per heavy atom. The molecule has 7 heteroatoms. The van der Waals surface area contributed by atoms with Crippen molar-refractivity contribution in [3.05, 3.63) is 18.2 Å². The second-order valence-electron chi connectivity index (χ2n) is 2.73. The minimum atomic E-state index is -4.66. The molecule has 0 aliphatic carbocycles. The van der Waals surface area contributed by atoms with Gasteiger partial charge < -0.3 is 0 Å². The van der Waals surface area contributed by atoms with Gasteiger partial charge in [0.25, 0.3) is 0 Å². The van der Waals surface area contributed by atoms with Crippen molar-refractivity contribution < 1.29 is 17.9 Å². The van der Waals surface area contributed by atoms with Gasteiger partial charge in [0.05, 0.1) is 0 Å². The molecule has 15 heavy (non-hydrogen) atoms. The maximum absolute atomic E-state index is 11.9. The first-order chi connectivity index (χ1) is 6.94. The Hall–Kier alpha value is -1.20. The van der Waals surface area contributed by atoms with E-state index in [1.807, 2.05) is 0 Å². The van der Waals surface area contributed by atoms with Crippen LogP contribution in [0.3, 0.4) is 0 Å². The van der Waals surface area contributed by atoms with Gasteiger partial charge in [-0.1, -0.05) is 0 Å². The fourth-order valence-electron chi connectivity index (χ4n) is 1.12. The van der Waals surface area contributed by atoms with Crippen LogP contribution in [0.1, 0.15) is 0 Å². The Bertz CT molecular complexity index is 494. The number of benzene rings is 1. The zero-order chi connectivity index (χ0) is 11.1. The molecule has 0 spiro atoms. The van der Waals surface area contributed by atoms with Crippen LogP contribution in [-0.4, -0.2) is 25.8 Å². The Balaban J connectivity index is 2.38. The van der Waals surface area contributed by atoms with Crippen LogP contribution < -0.4 is 10.5 Å². The standard InChI is InChI=1S/C8H5F3N2OSe/c9-8(10,11)14-4-1-2-5-6(3-4)15-7(12)13-5/h1-3H,(H2,12,13). The van der Waals surface area contributed by atoms with E-state index in [0.717, 1.165) is 0 Å². The van der Waals surface area contributed by atoms with E-state index in [1.165, 1.54) is 18.2 Å². The van der Waals surface area contributed by atoms with Crippen LogP contribution >= 0.6 is 0 Å². The number of hydrogen-bond donors (Lipinski definition) is 1. The van der Waals surface area contributed by atoms with Gasteiger partial charge in [-0.05, 0) is 0 Å². The molecule has 1 aromatic heterocycles. The number of fused-ring (bicyclic) bond motifs is 1. The molecule has 2 aromatic rings. The summed E-state index contributed by atoms with van der Waals surface area (Å²) in [6.45, 7) is 0. The van der Waals surface area contributed by atoms with Crippen LogP contribution in [-0.2, 0) is 0 Å². The third-order valence-corrected chi connectivity index (χ3v) is 3.39. The molecule has 0 bridgehead atoms. The van der Waals surface area contributed by atoms with Gasteiger partial charge in [-0.2, -0.15) is 0 Å². The number of nitrogens with zero attached hydrogens (tertiary/aromatic N) is 1. The van der Waals surface area contributed by atoms with E-state index in [1.54, 1.807) is 0 Å². The molecule has 0 atom stereocenters. The normalized spacial score (nSPS) is 11.9. The summed E-state index contributed by atoms with van der Waals surface area (Å²) in [5.41, 5.74) is 6.10. The van der Waals surface area contributed by atoms with Crippen molar-refractivity contribution in [1.29, 1.82) is 0 Å². The van der Waals surface area contributed by atoms with Gasteiger partial charge in [0.15, 0.2) is 0 Å². The Morgan fingerprint density at radius 3 is 2.73 bits per heavy atom. The van der Waals surface area contributed by atoms with Crippen molar-refractivity contribution in [2.45, 2.75) is 6.36 Å². The van der Waals surface area contributed by atoms with E-state index in [-0.39, 0.29) is 20.3 Å². The van der Waals surface area contributed by atoms with Gasteiger partial charge in [-0.3, -0.25) is 0 Å². The molecule has 0 amide bonds. The third kappa shape index (κ3) is 2.43. The van der Waals surface area contributed by atoms with Gasteiger partial charge in [0, 0.05) is 0 Å². The molecule has 0 saturated heterocycles.